The summed E-state index contributed by atoms with van der Waals surface area (Å²) in [4.78, 5) is 38.0. The van der Waals surface area contributed by atoms with Gasteiger partial charge in [0.15, 0.2) is 11.5 Å². The van der Waals surface area contributed by atoms with Crippen LogP contribution in [-0.2, 0) is 20.8 Å². The summed E-state index contributed by atoms with van der Waals surface area (Å²) in [7, 11) is 3.15. The van der Waals surface area contributed by atoms with Crippen molar-refractivity contribution in [2.45, 2.75) is 12.8 Å². The normalized spacial score (nSPS) is 13.9. The highest BCUT2D eigenvalue weighted by Crippen LogP contribution is 2.27. The average molecular weight is 363 g/mol. The quantitative estimate of drug-likeness (QED) is 0.521. The molecule has 0 saturated carbocycles. The topological polar surface area (TPSA) is 88.2 Å². The molecule has 0 unspecified atom stereocenters. The Hall–Kier alpha value is -2.77. The molecule has 1 fully saturated rings. The monoisotopic (exact) mass is 363 g/mol. The Morgan fingerprint density at radius 3 is 2.42 bits per heavy atom. The standard InChI is InChI=1S/C18H25N3O5/c1-25-15-4-3-14(11-16(15)26-2)5-6-19-17(23)12-18(24)21-9-7-20(13-22)8-10-21/h3-4,11,13H,5-10,12H2,1-2H3,(H,19,23). The van der Waals surface area contributed by atoms with Crippen LogP contribution in [-0.4, -0.2) is 75.0 Å². The molecule has 1 aliphatic rings. The second kappa shape index (κ2) is 9.65. The third kappa shape index (κ3) is 5.37. The first-order valence-corrected chi connectivity index (χ1v) is 8.52. The van der Waals surface area contributed by atoms with Crippen LogP contribution in [0.5, 0.6) is 11.5 Å². The lowest BCUT2D eigenvalue weighted by molar-refractivity contribution is -0.138. The highest BCUT2D eigenvalue weighted by atomic mass is 16.5. The van der Waals surface area contributed by atoms with Crippen molar-refractivity contribution in [1.29, 1.82) is 0 Å². The number of nitrogens with one attached hydrogen (secondary N) is 1. The average Bonchev–Trinajstić information content (AvgIpc) is 2.67. The van der Waals surface area contributed by atoms with E-state index in [0.717, 1.165) is 12.0 Å². The molecule has 8 heteroatoms. The van der Waals surface area contributed by atoms with Crippen molar-refractivity contribution in [2.75, 3.05) is 46.9 Å². The van der Waals surface area contributed by atoms with Gasteiger partial charge in [-0.3, -0.25) is 14.4 Å². The number of amides is 3. The van der Waals surface area contributed by atoms with E-state index in [4.69, 9.17) is 9.47 Å². The van der Waals surface area contributed by atoms with Gasteiger partial charge in [-0.25, -0.2) is 0 Å². The van der Waals surface area contributed by atoms with Crippen molar-refractivity contribution >= 4 is 18.2 Å². The van der Waals surface area contributed by atoms with Crippen LogP contribution in [0.25, 0.3) is 0 Å². The molecule has 0 aliphatic carbocycles. The van der Waals surface area contributed by atoms with Gasteiger partial charge in [-0.15, -0.1) is 0 Å². The summed E-state index contributed by atoms with van der Waals surface area (Å²) < 4.78 is 10.4. The zero-order valence-electron chi connectivity index (χ0n) is 15.2. The lowest BCUT2D eigenvalue weighted by Gasteiger charge is -2.32. The largest absolute Gasteiger partial charge is 0.493 e. The van der Waals surface area contributed by atoms with E-state index in [1.165, 1.54) is 0 Å². The second-order valence-corrected chi connectivity index (χ2v) is 5.99. The minimum absolute atomic E-state index is 0.174. The molecule has 1 aromatic carbocycles. The van der Waals surface area contributed by atoms with Gasteiger partial charge in [0.25, 0.3) is 0 Å². The number of hydrogen-bond donors (Lipinski definition) is 1. The molecular weight excluding hydrogens is 338 g/mol. The lowest BCUT2D eigenvalue weighted by atomic mass is 10.1. The zero-order chi connectivity index (χ0) is 18.9. The lowest BCUT2D eigenvalue weighted by Crippen LogP contribution is -2.49. The van der Waals surface area contributed by atoms with Gasteiger partial charge in [0.1, 0.15) is 6.42 Å². The summed E-state index contributed by atoms with van der Waals surface area (Å²) in [5, 5.41) is 2.76. The van der Waals surface area contributed by atoms with Gasteiger partial charge in [-0.2, -0.15) is 0 Å². The van der Waals surface area contributed by atoms with Gasteiger partial charge in [0.05, 0.1) is 14.2 Å². The summed E-state index contributed by atoms with van der Waals surface area (Å²) in [6, 6.07) is 5.59. The van der Waals surface area contributed by atoms with Crippen molar-refractivity contribution in [1.82, 2.24) is 15.1 Å². The van der Waals surface area contributed by atoms with Gasteiger partial charge in [-0.05, 0) is 24.1 Å². The van der Waals surface area contributed by atoms with E-state index in [1.54, 1.807) is 24.0 Å². The second-order valence-electron chi connectivity index (χ2n) is 5.99. The van der Waals surface area contributed by atoms with Crippen molar-refractivity contribution < 1.29 is 23.9 Å². The number of hydrogen-bond acceptors (Lipinski definition) is 5. The van der Waals surface area contributed by atoms with E-state index < -0.39 is 0 Å². The van der Waals surface area contributed by atoms with Gasteiger partial charge in [-0.1, -0.05) is 6.07 Å². The first kappa shape index (κ1) is 19.6. The molecule has 26 heavy (non-hydrogen) atoms. The van der Waals surface area contributed by atoms with Crippen molar-refractivity contribution in [3.63, 3.8) is 0 Å². The van der Waals surface area contributed by atoms with Gasteiger partial charge >= 0.3 is 0 Å². The van der Waals surface area contributed by atoms with E-state index in [9.17, 15) is 14.4 Å². The van der Waals surface area contributed by atoms with E-state index in [0.29, 0.717) is 50.6 Å². The highest BCUT2D eigenvalue weighted by Gasteiger charge is 2.21. The Morgan fingerprint density at radius 1 is 1.12 bits per heavy atom. The van der Waals surface area contributed by atoms with Crippen molar-refractivity contribution in [3.8, 4) is 11.5 Å². The van der Waals surface area contributed by atoms with E-state index >= 15 is 0 Å². The number of rotatable bonds is 8. The number of piperazine rings is 1. The van der Waals surface area contributed by atoms with Crippen LogP contribution in [0.3, 0.4) is 0 Å². The minimum atomic E-state index is -0.298. The summed E-state index contributed by atoms with van der Waals surface area (Å²) >= 11 is 0. The van der Waals surface area contributed by atoms with Gasteiger partial charge in [0.2, 0.25) is 18.2 Å². The van der Waals surface area contributed by atoms with E-state index in [1.807, 2.05) is 18.2 Å². The van der Waals surface area contributed by atoms with Crippen LogP contribution in [0.2, 0.25) is 0 Å². The molecule has 3 amide bonds. The molecule has 142 valence electrons. The van der Waals surface area contributed by atoms with E-state index in [-0.39, 0.29) is 18.2 Å². The van der Waals surface area contributed by atoms with Crippen LogP contribution in [0, 0.1) is 0 Å². The predicted octanol–water partition coefficient (Wildman–Crippen LogP) is 0.0532. The maximum Gasteiger partial charge on any atom is 0.232 e. The molecule has 0 radical (unpaired) electrons. The van der Waals surface area contributed by atoms with Crippen LogP contribution >= 0.6 is 0 Å². The summed E-state index contributed by atoms with van der Waals surface area (Å²) in [6.45, 7) is 2.39. The first-order chi connectivity index (χ1) is 12.6. The fourth-order valence-corrected chi connectivity index (χ4v) is 2.77. The number of carbonyl (C=O) groups is 3. The molecule has 0 bridgehead atoms. The number of nitrogens with zero attached hydrogens (tertiary/aromatic N) is 2. The molecule has 1 aliphatic heterocycles. The molecule has 1 heterocycles. The predicted molar refractivity (Wildman–Crippen MR) is 95.1 cm³/mol. The third-order valence-corrected chi connectivity index (χ3v) is 4.31. The SMILES string of the molecule is COc1ccc(CCNC(=O)CC(=O)N2CCN(C=O)CC2)cc1OC. The van der Waals surface area contributed by atoms with Crippen LogP contribution in [0.1, 0.15) is 12.0 Å². The molecular formula is C18H25N3O5. The Balaban J connectivity index is 1.73. The zero-order valence-corrected chi connectivity index (χ0v) is 15.2. The maximum absolute atomic E-state index is 12.1. The Labute approximate surface area is 153 Å². The number of benzene rings is 1. The summed E-state index contributed by atoms with van der Waals surface area (Å²) in [6.07, 6.45) is 1.23. The van der Waals surface area contributed by atoms with Crippen molar-refractivity contribution in [3.05, 3.63) is 23.8 Å². The molecule has 0 spiro atoms. The third-order valence-electron chi connectivity index (χ3n) is 4.31. The smallest absolute Gasteiger partial charge is 0.232 e. The number of carbonyl (C=O) groups excluding carboxylic acids is 3. The summed E-state index contributed by atoms with van der Waals surface area (Å²) in [5.41, 5.74) is 0.999. The Kier molecular flexibility index (Phi) is 7.25. The molecule has 2 rings (SSSR count). The Morgan fingerprint density at radius 2 is 1.81 bits per heavy atom. The van der Waals surface area contributed by atoms with Crippen LogP contribution < -0.4 is 14.8 Å². The molecule has 1 N–H and O–H groups in total. The molecule has 0 aromatic heterocycles. The van der Waals surface area contributed by atoms with Gasteiger partial charge in [0, 0.05) is 32.7 Å². The number of ether oxygens (including phenoxy) is 2. The molecule has 1 saturated heterocycles. The fraction of sp³-hybridized carbons (Fsp3) is 0.500. The minimum Gasteiger partial charge on any atom is -0.493 e. The molecule has 1 aromatic rings. The summed E-state index contributed by atoms with van der Waals surface area (Å²) in [5.74, 6) is 0.786. The van der Waals surface area contributed by atoms with Gasteiger partial charge < -0.3 is 24.6 Å². The van der Waals surface area contributed by atoms with E-state index in [2.05, 4.69) is 5.32 Å². The maximum atomic E-state index is 12.1. The molecule has 8 nitrogen and oxygen atoms in total. The van der Waals surface area contributed by atoms with Crippen LogP contribution in [0.15, 0.2) is 18.2 Å². The molecule has 0 atom stereocenters. The van der Waals surface area contributed by atoms with Crippen molar-refractivity contribution in [2.24, 2.45) is 0 Å². The first-order valence-electron chi connectivity index (χ1n) is 8.52. The number of methoxy groups -OCH3 is 2. The highest BCUT2D eigenvalue weighted by molar-refractivity contribution is 5.96. The van der Waals surface area contributed by atoms with Crippen LogP contribution in [0.4, 0.5) is 0 Å². The fourth-order valence-electron chi connectivity index (χ4n) is 2.77. The Bertz CT molecular complexity index is 642.